The van der Waals surface area contributed by atoms with E-state index in [0.29, 0.717) is 36.7 Å². The Morgan fingerprint density at radius 1 is 1.22 bits per heavy atom. The SMILES string of the molecule is CC[C@@](C)(O)COc1ccnc(-c2nc3c(c(N(C)CC(=O)CC(C)(C)C)n2)CCC3)c1. The van der Waals surface area contributed by atoms with Gasteiger partial charge in [-0.3, -0.25) is 9.78 Å². The maximum atomic E-state index is 12.6. The lowest BCUT2D eigenvalue weighted by molar-refractivity contribution is -0.119. The monoisotopic (exact) mass is 440 g/mol. The highest BCUT2D eigenvalue weighted by atomic mass is 16.5. The third kappa shape index (κ3) is 6.25. The first-order valence-electron chi connectivity index (χ1n) is 11.4. The molecule has 0 aromatic carbocycles. The van der Waals surface area contributed by atoms with Crippen molar-refractivity contribution >= 4 is 11.6 Å². The van der Waals surface area contributed by atoms with Crippen LogP contribution in [0.15, 0.2) is 18.3 Å². The quantitative estimate of drug-likeness (QED) is 0.630. The van der Waals surface area contributed by atoms with Gasteiger partial charge in [0.1, 0.15) is 23.9 Å². The molecule has 0 amide bonds. The molecule has 0 bridgehead atoms. The van der Waals surface area contributed by atoms with Crippen LogP contribution in [0.1, 0.15) is 65.1 Å². The second kappa shape index (κ2) is 9.53. The first-order chi connectivity index (χ1) is 15.0. The number of anilines is 1. The molecular formula is C25H36N4O3. The van der Waals surface area contributed by atoms with Crippen LogP contribution < -0.4 is 9.64 Å². The molecule has 1 aliphatic rings. The summed E-state index contributed by atoms with van der Waals surface area (Å²) in [5.74, 6) is 2.15. The Morgan fingerprint density at radius 3 is 2.66 bits per heavy atom. The first-order valence-corrected chi connectivity index (χ1v) is 11.4. The number of rotatable bonds is 9. The Bertz CT molecular complexity index is 966. The summed E-state index contributed by atoms with van der Waals surface area (Å²) in [7, 11) is 1.92. The van der Waals surface area contributed by atoms with Crippen molar-refractivity contribution in [3.05, 3.63) is 29.6 Å². The Balaban J connectivity index is 1.86. The summed E-state index contributed by atoms with van der Waals surface area (Å²) in [6, 6.07) is 3.57. The van der Waals surface area contributed by atoms with Crippen molar-refractivity contribution in [1.82, 2.24) is 15.0 Å². The van der Waals surface area contributed by atoms with Crippen LogP contribution in [0, 0.1) is 5.41 Å². The number of carbonyl (C=O) groups is 1. The smallest absolute Gasteiger partial charge is 0.180 e. The fraction of sp³-hybridized carbons (Fsp3) is 0.600. The molecule has 0 radical (unpaired) electrons. The Hall–Kier alpha value is -2.54. The van der Waals surface area contributed by atoms with Crippen molar-refractivity contribution in [2.24, 2.45) is 5.41 Å². The van der Waals surface area contributed by atoms with Crippen molar-refractivity contribution in [2.75, 3.05) is 25.1 Å². The van der Waals surface area contributed by atoms with Crippen LogP contribution in [-0.4, -0.2) is 51.6 Å². The molecule has 2 aromatic heterocycles. The van der Waals surface area contributed by atoms with Gasteiger partial charge in [-0.15, -0.1) is 0 Å². The molecule has 174 valence electrons. The van der Waals surface area contributed by atoms with Crippen LogP contribution in [0.25, 0.3) is 11.5 Å². The van der Waals surface area contributed by atoms with E-state index >= 15 is 0 Å². The van der Waals surface area contributed by atoms with Crippen LogP contribution in [0.4, 0.5) is 5.82 Å². The molecule has 2 aromatic rings. The number of hydrogen-bond acceptors (Lipinski definition) is 7. The number of likely N-dealkylation sites (N-methyl/N-ethyl adjacent to an activating group) is 1. The Morgan fingerprint density at radius 2 is 1.97 bits per heavy atom. The van der Waals surface area contributed by atoms with Crippen LogP contribution >= 0.6 is 0 Å². The minimum absolute atomic E-state index is 0.0382. The van der Waals surface area contributed by atoms with E-state index < -0.39 is 5.60 Å². The molecule has 0 spiro atoms. The van der Waals surface area contributed by atoms with Crippen LogP contribution in [0.3, 0.4) is 0 Å². The third-order valence-electron chi connectivity index (χ3n) is 5.69. The maximum Gasteiger partial charge on any atom is 0.180 e. The molecule has 1 N–H and O–H groups in total. The van der Waals surface area contributed by atoms with Gasteiger partial charge in [-0.05, 0) is 44.1 Å². The summed E-state index contributed by atoms with van der Waals surface area (Å²) in [6.07, 6.45) is 5.65. The largest absolute Gasteiger partial charge is 0.490 e. The van der Waals surface area contributed by atoms with Crippen LogP contribution in [-0.2, 0) is 17.6 Å². The molecule has 0 saturated heterocycles. The number of aromatic nitrogens is 3. The predicted molar refractivity (Wildman–Crippen MR) is 126 cm³/mol. The van der Waals surface area contributed by atoms with Gasteiger partial charge >= 0.3 is 0 Å². The molecule has 7 heteroatoms. The van der Waals surface area contributed by atoms with Crippen molar-refractivity contribution in [3.8, 4) is 17.3 Å². The fourth-order valence-electron chi connectivity index (χ4n) is 3.79. The Kier molecular flexibility index (Phi) is 7.18. The minimum atomic E-state index is -0.886. The minimum Gasteiger partial charge on any atom is -0.490 e. The van der Waals surface area contributed by atoms with E-state index in [1.807, 2.05) is 18.9 Å². The number of nitrogens with zero attached hydrogens (tertiary/aromatic N) is 4. The zero-order valence-electron chi connectivity index (χ0n) is 20.2. The number of aryl methyl sites for hydroxylation is 1. The molecule has 7 nitrogen and oxygen atoms in total. The number of Topliss-reactive ketones (excluding diaryl/α,β-unsaturated/α-hetero) is 1. The predicted octanol–water partition coefficient (Wildman–Crippen LogP) is 4.01. The normalized spacial score (nSPS) is 15.2. The molecule has 0 saturated carbocycles. The number of ether oxygens (including phenoxy) is 1. The second-order valence-corrected chi connectivity index (χ2v) is 10.3. The highest BCUT2D eigenvalue weighted by Gasteiger charge is 2.25. The molecule has 0 unspecified atom stereocenters. The molecule has 2 heterocycles. The summed E-state index contributed by atoms with van der Waals surface area (Å²) >= 11 is 0. The number of aliphatic hydroxyl groups is 1. The van der Waals surface area contributed by atoms with E-state index in [1.54, 1.807) is 25.3 Å². The summed E-state index contributed by atoms with van der Waals surface area (Å²) < 4.78 is 5.79. The van der Waals surface area contributed by atoms with Gasteiger partial charge in [0, 0.05) is 37.0 Å². The van der Waals surface area contributed by atoms with Crippen molar-refractivity contribution in [3.63, 3.8) is 0 Å². The zero-order chi connectivity index (χ0) is 23.5. The standard InChI is InChI=1S/C25H36N4O3/c1-7-25(5,31)16-32-18-11-12-26-21(13-18)22-27-20-10-8-9-19(20)23(28-22)29(6)15-17(30)14-24(2,3)4/h11-13,31H,7-10,14-16H2,1-6H3/t25-/m1/s1. The molecule has 0 aliphatic heterocycles. The van der Waals surface area contributed by atoms with E-state index in [4.69, 9.17) is 14.7 Å². The van der Waals surface area contributed by atoms with E-state index in [-0.39, 0.29) is 17.8 Å². The highest BCUT2D eigenvalue weighted by Crippen LogP contribution is 2.31. The van der Waals surface area contributed by atoms with Crippen molar-refractivity contribution < 1.29 is 14.6 Å². The van der Waals surface area contributed by atoms with Crippen LogP contribution in [0.5, 0.6) is 5.75 Å². The van der Waals surface area contributed by atoms with E-state index in [0.717, 1.165) is 36.3 Å². The molecule has 32 heavy (non-hydrogen) atoms. The first kappa shape index (κ1) is 24.1. The topological polar surface area (TPSA) is 88.4 Å². The average Bonchev–Trinajstić information content (AvgIpc) is 3.19. The van der Waals surface area contributed by atoms with E-state index in [1.165, 1.54) is 0 Å². The lowest BCUT2D eigenvalue weighted by Gasteiger charge is -2.23. The fourth-order valence-corrected chi connectivity index (χ4v) is 3.79. The molecule has 3 rings (SSSR count). The van der Waals surface area contributed by atoms with Gasteiger partial charge < -0.3 is 14.7 Å². The number of hydrogen-bond donors (Lipinski definition) is 1. The van der Waals surface area contributed by atoms with Gasteiger partial charge in [0.05, 0.1) is 12.1 Å². The van der Waals surface area contributed by atoms with Gasteiger partial charge in [0.25, 0.3) is 0 Å². The highest BCUT2D eigenvalue weighted by molar-refractivity contribution is 5.84. The maximum absolute atomic E-state index is 12.6. The Labute approximate surface area is 191 Å². The van der Waals surface area contributed by atoms with Gasteiger partial charge in [-0.1, -0.05) is 27.7 Å². The summed E-state index contributed by atoms with van der Waals surface area (Å²) in [5, 5.41) is 10.2. The molecule has 1 atom stereocenters. The van der Waals surface area contributed by atoms with E-state index in [2.05, 4.69) is 25.8 Å². The van der Waals surface area contributed by atoms with E-state index in [9.17, 15) is 9.90 Å². The van der Waals surface area contributed by atoms with Crippen molar-refractivity contribution in [2.45, 2.75) is 72.3 Å². The average molecular weight is 441 g/mol. The number of carbonyl (C=O) groups excluding carboxylic acids is 1. The lowest BCUT2D eigenvalue weighted by Crippen LogP contribution is -2.31. The zero-order valence-corrected chi connectivity index (χ0v) is 20.2. The molecule has 0 fully saturated rings. The third-order valence-corrected chi connectivity index (χ3v) is 5.69. The summed E-state index contributed by atoms with van der Waals surface area (Å²) in [5.41, 5.74) is 1.85. The summed E-state index contributed by atoms with van der Waals surface area (Å²) in [4.78, 5) is 28.6. The summed E-state index contributed by atoms with van der Waals surface area (Å²) in [6.45, 7) is 10.4. The van der Waals surface area contributed by atoms with Crippen molar-refractivity contribution in [1.29, 1.82) is 0 Å². The van der Waals surface area contributed by atoms with Gasteiger partial charge in [0.2, 0.25) is 0 Å². The number of ketones is 1. The van der Waals surface area contributed by atoms with Gasteiger partial charge in [0.15, 0.2) is 11.6 Å². The number of fused-ring (bicyclic) bond motifs is 1. The van der Waals surface area contributed by atoms with Crippen LogP contribution in [0.2, 0.25) is 0 Å². The molecule has 1 aliphatic carbocycles. The van der Waals surface area contributed by atoms with Gasteiger partial charge in [-0.25, -0.2) is 9.97 Å². The number of pyridine rings is 1. The lowest BCUT2D eigenvalue weighted by atomic mass is 9.90. The van der Waals surface area contributed by atoms with Gasteiger partial charge in [-0.2, -0.15) is 0 Å². The second-order valence-electron chi connectivity index (χ2n) is 10.3. The molecular weight excluding hydrogens is 404 g/mol.